The Morgan fingerprint density at radius 3 is 1.84 bits per heavy atom. The van der Waals surface area contributed by atoms with Crippen LogP contribution in [0.4, 0.5) is 5.69 Å². The van der Waals surface area contributed by atoms with Crippen molar-refractivity contribution in [3.63, 3.8) is 0 Å². The Labute approximate surface area is 229 Å². The largest absolute Gasteiger partial charge is 0.322 e. The number of carbonyl (C=O) groups is 1. The van der Waals surface area contributed by atoms with Crippen LogP contribution in [0.2, 0.25) is 0 Å². The quantitative estimate of drug-likeness (QED) is 0.185. The average Bonchev–Trinajstić information content (AvgIpc) is 2.97. The lowest BCUT2D eigenvalue weighted by Gasteiger charge is -2.18. The molecule has 5 aromatic carbocycles. The summed E-state index contributed by atoms with van der Waals surface area (Å²) in [5, 5.41) is 5.50. The van der Waals surface area contributed by atoms with Crippen molar-refractivity contribution in [3.05, 3.63) is 121 Å². The second kappa shape index (κ2) is 9.35. The summed E-state index contributed by atoms with van der Waals surface area (Å²) < 4.78 is 2.25. The number of nitrogens with one attached hydrogen (secondary N) is 1. The van der Waals surface area contributed by atoms with Crippen LogP contribution in [0, 0.1) is 0 Å². The summed E-state index contributed by atoms with van der Waals surface area (Å²) >= 11 is 3.47. The average molecular weight is 528 g/mol. The Balaban J connectivity index is 1.19. The van der Waals surface area contributed by atoms with Crippen molar-refractivity contribution in [2.45, 2.75) is 19.6 Å². The monoisotopic (exact) mass is 527 g/mol. The van der Waals surface area contributed by atoms with Crippen molar-refractivity contribution in [1.82, 2.24) is 0 Å². The smallest absolute Gasteiger partial charge is 0.255 e. The Bertz CT molecular complexity index is 1820. The molecule has 0 unspecified atom stereocenters. The minimum atomic E-state index is -0.104. The van der Waals surface area contributed by atoms with Gasteiger partial charge in [0.25, 0.3) is 5.91 Å². The molecular weight excluding hydrogens is 505 g/mol. The Morgan fingerprint density at radius 2 is 1.18 bits per heavy atom. The van der Waals surface area contributed by atoms with Crippen LogP contribution < -0.4 is 9.88 Å². The lowest BCUT2D eigenvalue weighted by Crippen LogP contribution is -2.30. The lowest BCUT2D eigenvalue weighted by atomic mass is 9.95. The number of fused-ring (bicyclic) bond motifs is 4. The highest BCUT2D eigenvalue weighted by Crippen LogP contribution is 2.48. The number of nitrogens with zero attached hydrogens (tertiary/aromatic N) is 1. The lowest BCUT2D eigenvalue weighted by molar-refractivity contribution is -0.617. The van der Waals surface area contributed by atoms with Gasteiger partial charge in [-0.3, -0.25) is 4.79 Å². The number of para-hydroxylation sites is 2. The first-order valence-electron chi connectivity index (χ1n) is 12.5. The predicted molar refractivity (Wildman–Crippen MR) is 157 cm³/mol. The van der Waals surface area contributed by atoms with Crippen molar-refractivity contribution in [1.29, 1.82) is 0 Å². The van der Waals surface area contributed by atoms with Gasteiger partial charge in [0.2, 0.25) is 11.0 Å². The van der Waals surface area contributed by atoms with Gasteiger partial charge in [0.05, 0.1) is 10.8 Å². The topological polar surface area (TPSA) is 33.0 Å². The van der Waals surface area contributed by atoms with Gasteiger partial charge in [0.15, 0.2) is 0 Å². The van der Waals surface area contributed by atoms with Crippen LogP contribution in [0.1, 0.15) is 10.4 Å². The van der Waals surface area contributed by atoms with E-state index in [0.717, 1.165) is 16.1 Å². The summed E-state index contributed by atoms with van der Waals surface area (Å²) in [6.07, 6.45) is 0. The van der Waals surface area contributed by atoms with Crippen LogP contribution in [0.5, 0.6) is 0 Å². The molecule has 1 aromatic heterocycles. The zero-order chi connectivity index (χ0) is 25.6. The van der Waals surface area contributed by atoms with E-state index in [4.69, 9.17) is 0 Å². The molecule has 0 bridgehead atoms. The zero-order valence-electron chi connectivity index (χ0n) is 20.6. The highest BCUT2D eigenvalue weighted by atomic mass is 32.2. The third-order valence-corrected chi connectivity index (χ3v) is 9.54. The number of hydrogen-bond donors (Lipinski definition) is 1. The molecule has 0 fully saturated rings. The molecule has 0 saturated heterocycles. The maximum absolute atomic E-state index is 13.2. The summed E-state index contributed by atoms with van der Waals surface area (Å²) in [6.45, 7) is 0. The molecule has 0 atom stereocenters. The number of hydrogen-bond acceptors (Lipinski definition) is 3. The van der Waals surface area contributed by atoms with E-state index in [2.05, 4.69) is 102 Å². The van der Waals surface area contributed by atoms with Gasteiger partial charge < -0.3 is 5.32 Å². The van der Waals surface area contributed by atoms with Crippen molar-refractivity contribution in [3.8, 4) is 11.1 Å². The fourth-order valence-electron chi connectivity index (χ4n) is 5.13. The van der Waals surface area contributed by atoms with E-state index in [1.54, 1.807) is 23.5 Å². The number of pyridine rings is 1. The molecule has 0 spiro atoms. The van der Waals surface area contributed by atoms with Crippen LogP contribution in [0.3, 0.4) is 0 Å². The number of anilines is 1. The van der Waals surface area contributed by atoms with E-state index in [1.165, 1.54) is 42.1 Å². The molecule has 0 saturated carbocycles. The van der Waals surface area contributed by atoms with Gasteiger partial charge >= 0.3 is 0 Å². The minimum Gasteiger partial charge on any atom is -0.322 e. The molecule has 1 amide bonds. The second-order valence-corrected chi connectivity index (χ2v) is 11.5. The van der Waals surface area contributed by atoms with Crippen LogP contribution in [-0.2, 0) is 7.05 Å². The summed E-state index contributed by atoms with van der Waals surface area (Å²) in [7, 11) is 2.11. The molecule has 5 heteroatoms. The Hall–Kier alpha value is -4.06. The minimum absolute atomic E-state index is 0.104. The maximum atomic E-state index is 13.2. The van der Waals surface area contributed by atoms with Crippen molar-refractivity contribution >= 4 is 56.9 Å². The normalized spacial score (nSPS) is 12.2. The molecule has 1 aliphatic heterocycles. The second-order valence-electron chi connectivity index (χ2n) is 9.31. The summed E-state index contributed by atoms with van der Waals surface area (Å²) in [5.74, 6) is -0.104. The van der Waals surface area contributed by atoms with E-state index in [9.17, 15) is 4.79 Å². The molecule has 6 aromatic rings. The summed E-state index contributed by atoms with van der Waals surface area (Å²) in [6, 6.07) is 39.5. The van der Waals surface area contributed by atoms with Crippen LogP contribution in [-0.4, -0.2) is 5.91 Å². The number of aryl methyl sites for hydroxylation is 1. The van der Waals surface area contributed by atoms with Gasteiger partial charge in [-0.15, -0.1) is 0 Å². The number of carbonyl (C=O) groups excluding carboxylic acids is 1. The highest BCUT2D eigenvalue weighted by Gasteiger charge is 2.20. The molecule has 1 aliphatic rings. The van der Waals surface area contributed by atoms with Gasteiger partial charge in [0, 0.05) is 48.5 Å². The van der Waals surface area contributed by atoms with Crippen LogP contribution in [0.15, 0.2) is 135 Å². The molecular formula is C33H23N2OS2+. The molecule has 1 N–H and O–H groups in total. The van der Waals surface area contributed by atoms with E-state index >= 15 is 0 Å². The molecule has 3 nitrogen and oxygen atoms in total. The Kier molecular flexibility index (Phi) is 5.68. The third-order valence-electron chi connectivity index (χ3n) is 7.00. The van der Waals surface area contributed by atoms with Gasteiger partial charge in [-0.1, -0.05) is 72.1 Å². The standard InChI is InChI=1S/C33H22N2OS2/c1-35-26-10-4-2-8-24(26)32(25-9-3-5-11-27(25)35)21-14-17-23(18-15-21)34-33(36)22-16-19-30-31(20-22)38-29-13-7-6-12-28(29)37-30/h2-20H,1H3/p+1. The molecule has 0 aliphatic carbocycles. The van der Waals surface area contributed by atoms with Crippen molar-refractivity contribution < 1.29 is 9.36 Å². The van der Waals surface area contributed by atoms with E-state index < -0.39 is 0 Å². The first kappa shape index (κ1) is 23.1. The van der Waals surface area contributed by atoms with E-state index in [1.807, 2.05) is 30.3 Å². The third kappa shape index (κ3) is 3.95. The van der Waals surface area contributed by atoms with E-state index in [-0.39, 0.29) is 5.91 Å². The zero-order valence-corrected chi connectivity index (χ0v) is 22.3. The first-order chi connectivity index (χ1) is 18.7. The number of amides is 1. The summed E-state index contributed by atoms with van der Waals surface area (Å²) in [5.41, 5.74) is 6.13. The first-order valence-corrected chi connectivity index (χ1v) is 14.1. The number of benzene rings is 5. The Morgan fingerprint density at radius 1 is 0.632 bits per heavy atom. The summed E-state index contributed by atoms with van der Waals surface area (Å²) in [4.78, 5) is 17.9. The van der Waals surface area contributed by atoms with Crippen LogP contribution in [0.25, 0.3) is 32.9 Å². The van der Waals surface area contributed by atoms with Gasteiger partial charge in [0.1, 0.15) is 7.05 Å². The van der Waals surface area contributed by atoms with Gasteiger partial charge in [-0.25, -0.2) is 0 Å². The molecule has 2 heterocycles. The SMILES string of the molecule is C[n+]1c2ccccc2c(-c2ccc(NC(=O)c3ccc4c(c3)Sc3ccccc3S4)cc2)c2ccccc21. The van der Waals surface area contributed by atoms with E-state index in [0.29, 0.717) is 5.56 Å². The van der Waals surface area contributed by atoms with Crippen molar-refractivity contribution in [2.24, 2.45) is 7.05 Å². The number of aromatic nitrogens is 1. The molecule has 38 heavy (non-hydrogen) atoms. The molecule has 0 radical (unpaired) electrons. The number of rotatable bonds is 3. The van der Waals surface area contributed by atoms with Crippen molar-refractivity contribution in [2.75, 3.05) is 5.32 Å². The highest BCUT2D eigenvalue weighted by molar-refractivity contribution is 8.05. The predicted octanol–water partition coefficient (Wildman–Crippen LogP) is 8.35. The molecule has 182 valence electrons. The fourth-order valence-corrected chi connectivity index (χ4v) is 7.39. The fraction of sp³-hybridized carbons (Fsp3) is 0.0303. The molecule has 7 rings (SSSR count). The van der Waals surface area contributed by atoms with Gasteiger partial charge in [-0.2, -0.15) is 4.57 Å². The van der Waals surface area contributed by atoms with Crippen LogP contribution >= 0.6 is 23.5 Å². The van der Waals surface area contributed by atoms with Gasteiger partial charge in [-0.05, 0) is 60.2 Å². The maximum Gasteiger partial charge on any atom is 0.255 e.